The number of hydrogen-bond donors (Lipinski definition) is 1. The van der Waals surface area contributed by atoms with Crippen molar-refractivity contribution in [1.82, 2.24) is 0 Å². The van der Waals surface area contributed by atoms with Gasteiger partial charge in [-0.25, -0.2) is 0 Å². The summed E-state index contributed by atoms with van der Waals surface area (Å²) in [4.78, 5) is 0. The van der Waals surface area contributed by atoms with Crippen molar-refractivity contribution >= 4 is 0 Å². The summed E-state index contributed by atoms with van der Waals surface area (Å²) in [5, 5.41) is 10.2. The summed E-state index contributed by atoms with van der Waals surface area (Å²) < 4.78 is 0. The minimum atomic E-state index is -0.106. The van der Waals surface area contributed by atoms with Crippen molar-refractivity contribution in [3.05, 3.63) is 23.3 Å². The van der Waals surface area contributed by atoms with Crippen molar-refractivity contribution in [1.29, 1.82) is 0 Å². The first-order valence-corrected chi connectivity index (χ1v) is 12.3. The maximum atomic E-state index is 10.2. The Kier molecular flexibility index (Phi) is 5.62. The van der Waals surface area contributed by atoms with Crippen LogP contribution in [0, 0.1) is 40.4 Å². The zero-order valence-electron chi connectivity index (χ0n) is 19.1. The lowest BCUT2D eigenvalue weighted by molar-refractivity contribution is 0.0323. The van der Waals surface area contributed by atoms with E-state index in [2.05, 4.69) is 46.8 Å². The maximum Gasteiger partial charge on any atom is 0.0578 e. The molecule has 0 unspecified atom stereocenters. The lowest BCUT2D eigenvalue weighted by Gasteiger charge is -2.55. The molecular formula is C27H44O. The summed E-state index contributed by atoms with van der Waals surface area (Å²) in [5.41, 5.74) is 4.19. The Hall–Kier alpha value is -0.560. The van der Waals surface area contributed by atoms with Crippen LogP contribution in [0.3, 0.4) is 0 Å². The molecule has 4 aliphatic rings. The van der Waals surface area contributed by atoms with Crippen molar-refractivity contribution in [2.75, 3.05) is 0 Å². The predicted octanol–water partition coefficient (Wildman–Crippen LogP) is 7.31. The monoisotopic (exact) mass is 384 g/mol. The predicted molar refractivity (Wildman–Crippen MR) is 119 cm³/mol. The van der Waals surface area contributed by atoms with Crippen molar-refractivity contribution in [3.8, 4) is 0 Å². The molecule has 4 aliphatic carbocycles. The van der Waals surface area contributed by atoms with Gasteiger partial charge < -0.3 is 5.11 Å². The third-order valence-electron chi connectivity index (χ3n) is 9.75. The van der Waals surface area contributed by atoms with Gasteiger partial charge in [0.15, 0.2) is 0 Å². The molecule has 3 fully saturated rings. The summed E-state index contributed by atoms with van der Waals surface area (Å²) in [6.45, 7) is 12.5. The molecule has 1 N–H and O–H groups in total. The Morgan fingerprint density at radius 2 is 1.75 bits per heavy atom. The van der Waals surface area contributed by atoms with Crippen molar-refractivity contribution in [2.45, 2.75) is 105 Å². The number of rotatable bonds is 5. The van der Waals surface area contributed by atoms with Crippen LogP contribution in [0.1, 0.15) is 98.8 Å². The van der Waals surface area contributed by atoms with Gasteiger partial charge in [-0.3, -0.25) is 0 Å². The molecule has 7 atom stereocenters. The zero-order chi connectivity index (χ0) is 20.1. The van der Waals surface area contributed by atoms with E-state index in [1.165, 1.54) is 51.4 Å². The van der Waals surface area contributed by atoms with E-state index >= 15 is 0 Å². The van der Waals surface area contributed by atoms with Gasteiger partial charge >= 0.3 is 0 Å². The second-order valence-electron chi connectivity index (χ2n) is 11.8. The first-order valence-electron chi connectivity index (χ1n) is 12.3. The summed E-state index contributed by atoms with van der Waals surface area (Å²) in [6, 6.07) is 0. The molecule has 0 radical (unpaired) electrons. The Morgan fingerprint density at radius 1 is 0.964 bits per heavy atom. The molecule has 1 nitrogen and oxygen atoms in total. The Morgan fingerprint density at radius 3 is 2.50 bits per heavy atom. The molecule has 0 aromatic carbocycles. The Balaban J connectivity index is 1.53. The van der Waals surface area contributed by atoms with Crippen LogP contribution in [-0.4, -0.2) is 11.2 Å². The molecule has 4 rings (SSSR count). The van der Waals surface area contributed by atoms with Crippen LogP contribution >= 0.6 is 0 Å². The quantitative estimate of drug-likeness (QED) is 0.527. The summed E-state index contributed by atoms with van der Waals surface area (Å²) in [6.07, 6.45) is 17.8. The highest BCUT2D eigenvalue weighted by Crippen LogP contribution is 2.66. The Labute approximate surface area is 174 Å². The largest absolute Gasteiger partial charge is 0.393 e. The average molecular weight is 385 g/mol. The average Bonchev–Trinajstić information content (AvgIpc) is 2.99. The standard InChI is InChI=1S/C27H44O/c1-18(2)7-6-8-19(3)23-11-12-24-22-10-9-20-17-21(28)13-15-26(20,4)25(22)14-16-27(23,24)5/h9-10,18-19,21,23-25,28H,6-8,11-17H2,1-5H3/t19-,21-,23-,24-,25-,26+,27-/m1/s1. The molecule has 0 bridgehead atoms. The van der Waals surface area contributed by atoms with E-state index in [0.29, 0.717) is 10.8 Å². The van der Waals surface area contributed by atoms with Gasteiger partial charge in [0.1, 0.15) is 0 Å². The van der Waals surface area contributed by atoms with Crippen LogP contribution in [-0.2, 0) is 0 Å². The van der Waals surface area contributed by atoms with Crippen LogP contribution in [0.25, 0.3) is 0 Å². The molecule has 1 heteroatoms. The maximum absolute atomic E-state index is 10.2. The van der Waals surface area contributed by atoms with E-state index in [1.807, 2.05) is 0 Å². The molecule has 28 heavy (non-hydrogen) atoms. The molecule has 3 saturated carbocycles. The third-order valence-corrected chi connectivity index (χ3v) is 9.75. The number of allylic oxidation sites excluding steroid dienone is 3. The highest BCUT2D eigenvalue weighted by atomic mass is 16.3. The second kappa shape index (κ2) is 7.60. The minimum Gasteiger partial charge on any atom is -0.393 e. The second-order valence-corrected chi connectivity index (χ2v) is 11.8. The molecule has 0 spiro atoms. The van der Waals surface area contributed by atoms with Crippen LogP contribution in [0.15, 0.2) is 23.3 Å². The first-order chi connectivity index (χ1) is 13.3. The molecule has 0 amide bonds. The molecule has 0 aliphatic heterocycles. The molecule has 0 aromatic rings. The normalized spacial score (nSPS) is 43.7. The lowest BCUT2D eigenvalue weighted by Crippen LogP contribution is -2.46. The van der Waals surface area contributed by atoms with Crippen molar-refractivity contribution < 1.29 is 5.11 Å². The highest BCUT2D eigenvalue weighted by molar-refractivity contribution is 5.38. The fraction of sp³-hybridized carbons (Fsp3) is 0.852. The smallest absolute Gasteiger partial charge is 0.0578 e. The lowest BCUT2D eigenvalue weighted by atomic mass is 9.50. The molecule has 0 saturated heterocycles. The molecule has 0 heterocycles. The van der Waals surface area contributed by atoms with Gasteiger partial charge in [0, 0.05) is 0 Å². The first kappa shape index (κ1) is 20.7. The minimum absolute atomic E-state index is 0.106. The fourth-order valence-corrected chi connectivity index (χ4v) is 8.01. The summed E-state index contributed by atoms with van der Waals surface area (Å²) >= 11 is 0. The van der Waals surface area contributed by atoms with Gasteiger partial charge in [-0.1, -0.05) is 77.2 Å². The van der Waals surface area contributed by atoms with E-state index in [0.717, 1.165) is 42.4 Å². The van der Waals surface area contributed by atoms with E-state index < -0.39 is 0 Å². The number of aliphatic hydroxyl groups is 1. The topological polar surface area (TPSA) is 20.2 Å². The van der Waals surface area contributed by atoms with E-state index in [1.54, 1.807) is 11.1 Å². The van der Waals surface area contributed by atoms with Crippen LogP contribution < -0.4 is 0 Å². The van der Waals surface area contributed by atoms with Crippen molar-refractivity contribution in [2.24, 2.45) is 40.4 Å². The van der Waals surface area contributed by atoms with Crippen LogP contribution in [0.4, 0.5) is 0 Å². The highest BCUT2D eigenvalue weighted by Gasteiger charge is 2.56. The fourth-order valence-electron chi connectivity index (χ4n) is 8.01. The number of aliphatic hydroxyl groups excluding tert-OH is 1. The van der Waals surface area contributed by atoms with Crippen LogP contribution in [0.5, 0.6) is 0 Å². The number of hydrogen-bond acceptors (Lipinski definition) is 1. The SMILES string of the molecule is CC(C)CCC[C@@H](C)[C@H]1CC[C@@H]2C3=CC=C4C[C@H](O)CC[C@]4(C)[C@@H]3CC[C@@]21C. The summed E-state index contributed by atoms with van der Waals surface area (Å²) in [5.74, 6) is 4.19. The van der Waals surface area contributed by atoms with Gasteiger partial charge in [-0.15, -0.1) is 0 Å². The number of fused-ring (bicyclic) bond motifs is 5. The van der Waals surface area contributed by atoms with Gasteiger partial charge in [-0.05, 0) is 85.4 Å². The van der Waals surface area contributed by atoms with Gasteiger partial charge in [0.2, 0.25) is 0 Å². The van der Waals surface area contributed by atoms with Crippen molar-refractivity contribution in [3.63, 3.8) is 0 Å². The van der Waals surface area contributed by atoms with E-state index in [9.17, 15) is 5.11 Å². The van der Waals surface area contributed by atoms with Gasteiger partial charge in [0.25, 0.3) is 0 Å². The molecule has 0 aromatic heterocycles. The molecule has 158 valence electrons. The van der Waals surface area contributed by atoms with Crippen LogP contribution in [0.2, 0.25) is 0 Å². The Bertz CT molecular complexity index is 643. The van der Waals surface area contributed by atoms with Gasteiger partial charge in [-0.2, -0.15) is 0 Å². The van der Waals surface area contributed by atoms with E-state index in [-0.39, 0.29) is 6.10 Å². The third kappa shape index (κ3) is 3.34. The zero-order valence-corrected chi connectivity index (χ0v) is 19.1. The van der Waals surface area contributed by atoms with Gasteiger partial charge in [0.05, 0.1) is 6.10 Å². The van der Waals surface area contributed by atoms with E-state index in [4.69, 9.17) is 0 Å². The summed E-state index contributed by atoms with van der Waals surface area (Å²) in [7, 11) is 0. The molecular weight excluding hydrogens is 340 g/mol.